The highest BCUT2D eigenvalue weighted by molar-refractivity contribution is 9.10. The third kappa shape index (κ3) is 3.07. The lowest BCUT2D eigenvalue weighted by Gasteiger charge is -2.09. The maximum absolute atomic E-state index is 11.2. The summed E-state index contributed by atoms with van der Waals surface area (Å²) >= 11 is 3.37. The van der Waals surface area contributed by atoms with Gasteiger partial charge >= 0.3 is 5.69 Å². The number of benzene rings is 2. The molecule has 0 fully saturated rings. The maximum atomic E-state index is 11.2. The van der Waals surface area contributed by atoms with Crippen LogP contribution in [0.3, 0.4) is 0 Å². The Morgan fingerprint density at radius 1 is 1.22 bits per heavy atom. The predicted octanol–water partition coefficient (Wildman–Crippen LogP) is 4.05. The lowest BCUT2D eigenvalue weighted by atomic mass is 10.2. The number of nitrogens with one attached hydrogen (secondary N) is 1. The minimum Gasteiger partial charge on any atom is -0.490 e. The minimum absolute atomic E-state index is 0.131. The minimum atomic E-state index is -0.491. The van der Waals surface area contributed by atoms with Crippen molar-refractivity contribution in [1.82, 2.24) is 9.97 Å². The Kier molecular flexibility index (Phi) is 4.07. The van der Waals surface area contributed by atoms with Gasteiger partial charge in [-0.3, -0.25) is 10.1 Å². The van der Waals surface area contributed by atoms with E-state index in [0.29, 0.717) is 16.7 Å². The molecule has 0 bridgehead atoms. The summed E-state index contributed by atoms with van der Waals surface area (Å²) in [5.74, 6) is 0.652. The van der Waals surface area contributed by atoms with Crippen LogP contribution in [0.4, 0.5) is 17.2 Å². The average Bonchev–Trinajstić information content (AvgIpc) is 2.56. The van der Waals surface area contributed by atoms with Crippen LogP contribution in [-0.4, -0.2) is 22.0 Å². The fraction of sp³-hybridized carbons (Fsp3) is 0.0667. The van der Waals surface area contributed by atoms with Crippen molar-refractivity contribution in [2.45, 2.75) is 0 Å². The van der Waals surface area contributed by atoms with E-state index < -0.39 is 4.92 Å². The van der Waals surface area contributed by atoms with Gasteiger partial charge in [-0.25, -0.2) is 9.97 Å². The van der Waals surface area contributed by atoms with Crippen molar-refractivity contribution < 1.29 is 9.66 Å². The van der Waals surface area contributed by atoms with Gasteiger partial charge in [-0.15, -0.1) is 0 Å². The second-order valence-corrected chi connectivity index (χ2v) is 5.57. The largest absolute Gasteiger partial charge is 0.490 e. The molecule has 0 aliphatic heterocycles. The van der Waals surface area contributed by atoms with Gasteiger partial charge in [0.1, 0.15) is 12.1 Å². The van der Waals surface area contributed by atoms with Gasteiger partial charge in [-0.1, -0.05) is 15.9 Å². The van der Waals surface area contributed by atoms with Crippen molar-refractivity contribution in [2.75, 3.05) is 12.4 Å². The van der Waals surface area contributed by atoms with Crippen molar-refractivity contribution >= 4 is 44.0 Å². The number of methoxy groups -OCH3 is 1. The lowest BCUT2D eigenvalue weighted by Crippen LogP contribution is -1.99. The Morgan fingerprint density at radius 3 is 2.61 bits per heavy atom. The van der Waals surface area contributed by atoms with Gasteiger partial charge in [0.25, 0.3) is 0 Å². The number of ether oxygens (including phenoxy) is 1. The second kappa shape index (κ2) is 6.17. The number of nitro benzene ring substituents is 1. The van der Waals surface area contributed by atoms with E-state index in [0.717, 1.165) is 10.2 Å². The molecule has 0 saturated carbocycles. The third-order valence-corrected chi connectivity index (χ3v) is 3.77. The summed E-state index contributed by atoms with van der Waals surface area (Å²) in [5.41, 5.74) is 1.24. The van der Waals surface area contributed by atoms with E-state index in [1.807, 2.05) is 24.3 Å². The fourth-order valence-corrected chi connectivity index (χ4v) is 2.41. The van der Waals surface area contributed by atoms with Gasteiger partial charge in [0, 0.05) is 22.3 Å². The summed E-state index contributed by atoms with van der Waals surface area (Å²) in [6.07, 6.45) is 1.40. The molecule has 1 aromatic heterocycles. The van der Waals surface area contributed by atoms with E-state index >= 15 is 0 Å². The highest BCUT2D eigenvalue weighted by Gasteiger charge is 2.18. The van der Waals surface area contributed by atoms with Gasteiger partial charge in [0.05, 0.1) is 22.9 Å². The number of rotatable bonds is 4. The predicted molar refractivity (Wildman–Crippen MR) is 90.2 cm³/mol. The van der Waals surface area contributed by atoms with Crippen LogP contribution in [-0.2, 0) is 0 Å². The van der Waals surface area contributed by atoms with Crippen molar-refractivity contribution in [2.24, 2.45) is 0 Å². The van der Waals surface area contributed by atoms with Gasteiger partial charge in [0.2, 0.25) is 0 Å². The molecule has 1 heterocycles. The third-order valence-electron chi connectivity index (χ3n) is 3.24. The molecular formula is C15H11BrN4O3. The first-order chi connectivity index (χ1) is 11.1. The smallest absolute Gasteiger partial charge is 0.311 e. The molecule has 2 aromatic carbocycles. The molecular weight excluding hydrogens is 364 g/mol. The summed E-state index contributed by atoms with van der Waals surface area (Å²) < 4.78 is 6.01. The molecule has 0 amide bonds. The van der Waals surface area contributed by atoms with Crippen LogP contribution in [0.2, 0.25) is 0 Å². The SMILES string of the molecule is COc1cc2ncnc(Nc3ccc(Br)cc3)c2cc1[N+](=O)[O-]. The Bertz CT molecular complexity index is 884. The van der Waals surface area contributed by atoms with E-state index in [9.17, 15) is 10.1 Å². The maximum Gasteiger partial charge on any atom is 0.311 e. The molecule has 3 rings (SSSR count). The molecule has 23 heavy (non-hydrogen) atoms. The number of hydrogen-bond donors (Lipinski definition) is 1. The first-order valence-electron chi connectivity index (χ1n) is 6.58. The van der Waals surface area contributed by atoms with Crippen molar-refractivity contribution in [3.63, 3.8) is 0 Å². The lowest BCUT2D eigenvalue weighted by molar-refractivity contribution is -0.385. The number of fused-ring (bicyclic) bond motifs is 1. The van der Waals surface area contributed by atoms with Crippen molar-refractivity contribution in [3.8, 4) is 5.75 Å². The molecule has 0 saturated heterocycles. The number of aromatic nitrogens is 2. The fourth-order valence-electron chi connectivity index (χ4n) is 2.15. The van der Waals surface area contributed by atoms with Gasteiger partial charge in [0.15, 0.2) is 5.75 Å². The summed E-state index contributed by atoms with van der Waals surface area (Å²) in [5, 5.41) is 14.9. The molecule has 0 unspecified atom stereocenters. The zero-order chi connectivity index (χ0) is 16.4. The van der Waals surface area contributed by atoms with Crippen LogP contribution in [0.25, 0.3) is 10.9 Å². The monoisotopic (exact) mass is 374 g/mol. The van der Waals surface area contributed by atoms with Crippen LogP contribution in [0, 0.1) is 10.1 Å². The molecule has 0 aliphatic rings. The van der Waals surface area contributed by atoms with E-state index in [-0.39, 0.29) is 11.4 Å². The average molecular weight is 375 g/mol. The molecule has 0 spiro atoms. The first kappa shape index (κ1) is 15.2. The highest BCUT2D eigenvalue weighted by Crippen LogP contribution is 2.34. The van der Waals surface area contributed by atoms with Crippen molar-refractivity contribution in [1.29, 1.82) is 0 Å². The molecule has 0 atom stereocenters. The standard InChI is InChI=1S/C15H11BrN4O3/c1-23-14-7-12-11(6-13(14)20(21)22)15(18-8-17-12)19-10-4-2-9(16)3-5-10/h2-8H,1H3,(H,17,18,19). The quantitative estimate of drug-likeness (QED) is 0.547. The number of halogens is 1. The molecule has 8 heteroatoms. The number of nitro groups is 1. The van der Waals surface area contributed by atoms with Crippen molar-refractivity contribution in [3.05, 3.63) is 57.3 Å². The van der Waals surface area contributed by atoms with E-state index in [4.69, 9.17) is 4.74 Å². The normalized spacial score (nSPS) is 10.5. The van der Waals surface area contributed by atoms with Crippen LogP contribution in [0.1, 0.15) is 0 Å². The Balaban J connectivity index is 2.11. The zero-order valence-electron chi connectivity index (χ0n) is 12.0. The first-order valence-corrected chi connectivity index (χ1v) is 7.37. The van der Waals surface area contributed by atoms with Crippen LogP contribution in [0.15, 0.2) is 47.2 Å². The Hall–Kier alpha value is -2.74. The number of hydrogen-bond acceptors (Lipinski definition) is 6. The topological polar surface area (TPSA) is 90.2 Å². The molecule has 3 aromatic rings. The second-order valence-electron chi connectivity index (χ2n) is 4.65. The zero-order valence-corrected chi connectivity index (χ0v) is 13.6. The summed E-state index contributed by atoms with van der Waals surface area (Å²) in [6.45, 7) is 0. The van der Waals surface area contributed by atoms with Gasteiger partial charge in [-0.2, -0.15) is 0 Å². The van der Waals surface area contributed by atoms with Crippen LogP contribution in [0.5, 0.6) is 5.75 Å². The Morgan fingerprint density at radius 2 is 1.96 bits per heavy atom. The molecule has 7 nitrogen and oxygen atoms in total. The molecule has 1 N–H and O–H groups in total. The summed E-state index contributed by atoms with van der Waals surface area (Å²) in [6, 6.07) is 10.5. The molecule has 116 valence electrons. The summed E-state index contributed by atoms with van der Waals surface area (Å²) in [4.78, 5) is 19.0. The van der Waals surface area contributed by atoms with E-state index in [1.165, 1.54) is 25.6 Å². The van der Waals surface area contributed by atoms with E-state index in [1.54, 1.807) is 0 Å². The van der Waals surface area contributed by atoms with Gasteiger partial charge in [-0.05, 0) is 24.3 Å². The number of nitrogens with zero attached hydrogens (tertiary/aromatic N) is 3. The molecule has 0 radical (unpaired) electrons. The van der Waals surface area contributed by atoms with E-state index in [2.05, 4.69) is 31.2 Å². The van der Waals surface area contributed by atoms with Gasteiger partial charge < -0.3 is 10.1 Å². The summed E-state index contributed by atoms with van der Waals surface area (Å²) in [7, 11) is 1.39. The Labute approximate surface area is 139 Å². The highest BCUT2D eigenvalue weighted by atomic mass is 79.9. The van der Waals surface area contributed by atoms with Crippen LogP contribution < -0.4 is 10.1 Å². The van der Waals surface area contributed by atoms with Crippen LogP contribution >= 0.6 is 15.9 Å². The number of anilines is 2. The molecule has 0 aliphatic carbocycles.